The number of rotatable bonds is 5. The maximum atomic E-state index is 6.21. The minimum absolute atomic E-state index is 0.478. The molecule has 3 rings (SSSR count). The summed E-state index contributed by atoms with van der Waals surface area (Å²) in [6, 6.07) is 13.0. The SMILES string of the molecule is COc1cccc(CSc2nnc(-c3ccc(Cl)cc3Cl)n2N)c1. The Bertz CT molecular complexity index is 869. The van der Waals surface area contributed by atoms with E-state index in [4.69, 9.17) is 33.8 Å². The zero-order valence-electron chi connectivity index (χ0n) is 12.7. The predicted molar refractivity (Wildman–Crippen MR) is 98.2 cm³/mol. The molecule has 0 amide bonds. The molecule has 124 valence electrons. The fourth-order valence-corrected chi connectivity index (χ4v) is 3.43. The maximum Gasteiger partial charge on any atom is 0.210 e. The van der Waals surface area contributed by atoms with Crippen molar-refractivity contribution in [1.29, 1.82) is 0 Å². The number of ether oxygens (including phenoxy) is 1. The highest BCUT2D eigenvalue weighted by Gasteiger charge is 2.15. The number of hydrogen-bond acceptors (Lipinski definition) is 5. The van der Waals surface area contributed by atoms with Crippen molar-refractivity contribution >= 4 is 35.0 Å². The van der Waals surface area contributed by atoms with Gasteiger partial charge in [0.25, 0.3) is 0 Å². The van der Waals surface area contributed by atoms with Crippen molar-refractivity contribution < 1.29 is 4.74 Å². The number of aromatic nitrogens is 3. The molecule has 0 bridgehead atoms. The van der Waals surface area contributed by atoms with E-state index < -0.39 is 0 Å². The van der Waals surface area contributed by atoms with Crippen molar-refractivity contribution in [3.63, 3.8) is 0 Å². The quantitative estimate of drug-likeness (QED) is 0.528. The molecule has 8 heteroatoms. The summed E-state index contributed by atoms with van der Waals surface area (Å²) < 4.78 is 6.65. The number of hydrogen-bond donors (Lipinski definition) is 1. The van der Waals surface area contributed by atoms with Gasteiger partial charge in [0.1, 0.15) is 5.75 Å². The van der Waals surface area contributed by atoms with Crippen LogP contribution in [0, 0.1) is 0 Å². The molecular weight excluding hydrogens is 367 g/mol. The van der Waals surface area contributed by atoms with Crippen LogP contribution in [-0.4, -0.2) is 22.0 Å². The van der Waals surface area contributed by atoms with Gasteiger partial charge < -0.3 is 10.6 Å². The lowest BCUT2D eigenvalue weighted by Gasteiger charge is -2.06. The molecule has 3 aromatic rings. The average Bonchev–Trinajstić information content (AvgIpc) is 2.94. The first-order chi connectivity index (χ1) is 11.6. The summed E-state index contributed by atoms with van der Waals surface area (Å²) in [4.78, 5) is 0. The first-order valence-electron chi connectivity index (χ1n) is 7.00. The molecular formula is C16H14Cl2N4OS. The predicted octanol–water partition coefficient (Wildman–Crippen LogP) is 4.27. The van der Waals surface area contributed by atoms with Crippen LogP contribution < -0.4 is 10.6 Å². The van der Waals surface area contributed by atoms with Crippen LogP contribution in [0.2, 0.25) is 10.0 Å². The number of nitrogen functional groups attached to an aromatic ring is 1. The molecule has 0 atom stereocenters. The number of nitrogens with zero attached hydrogens (tertiary/aromatic N) is 3. The van der Waals surface area contributed by atoms with Crippen LogP contribution >= 0.6 is 35.0 Å². The van der Waals surface area contributed by atoms with Gasteiger partial charge >= 0.3 is 0 Å². The van der Waals surface area contributed by atoms with E-state index in [9.17, 15) is 0 Å². The van der Waals surface area contributed by atoms with Crippen LogP contribution in [0.1, 0.15) is 5.56 Å². The highest BCUT2D eigenvalue weighted by Crippen LogP contribution is 2.31. The summed E-state index contributed by atoms with van der Waals surface area (Å²) in [5, 5.41) is 9.91. The van der Waals surface area contributed by atoms with Crippen molar-refractivity contribution in [3.05, 3.63) is 58.1 Å². The van der Waals surface area contributed by atoms with Crippen molar-refractivity contribution in [2.24, 2.45) is 0 Å². The smallest absolute Gasteiger partial charge is 0.210 e. The number of halogens is 2. The number of nitrogens with two attached hydrogens (primary N) is 1. The largest absolute Gasteiger partial charge is 0.497 e. The van der Waals surface area contributed by atoms with Crippen LogP contribution in [0.5, 0.6) is 5.75 Å². The monoisotopic (exact) mass is 380 g/mol. The molecule has 0 radical (unpaired) electrons. The Morgan fingerprint density at radius 3 is 2.75 bits per heavy atom. The fourth-order valence-electron chi connectivity index (χ4n) is 2.14. The molecule has 1 heterocycles. The number of thioether (sulfide) groups is 1. The van der Waals surface area contributed by atoms with Gasteiger partial charge in [0, 0.05) is 16.3 Å². The lowest BCUT2D eigenvalue weighted by molar-refractivity contribution is 0.414. The summed E-state index contributed by atoms with van der Waals surface area (Å²) in [5.41, 5.74) is 1.79. The Morgan fingerprint density at radius 1 is 1.17 bits per heavy atom. The summed E-state index contributed by atoms with van der Waals surface area (Å²) in [5.74, 6) is 8.12. The third-order valence-electron chi connectivity index (χ3n) is 3.34. The fraction of sp³-hybridized carbons (Fsp3) is 0.125. The van der Waals surface area contributed by atoms with Gasteiger partial charge in [-0.2, -0.15) is 0 Å². The second-order valence-corrected chi connectivity index (χ2v) is 6.73. The summed E-state index contributed by atoms with van der Waals surface area (Å²) >= 11 is 13.6. The highest BCUT2D eigenvalue weighted by molar-refractivity contribution is 7.98. The Labute approximate surface area is 153 Å². The third-order valence-corrected chi connectivity index (χ3v) is 4.90. The van der Waals surface area contributed by atoms with E-state index in [-0.39, 0.29) is 0 Å². The van der Waals surface area contributed by atoms with Gasteiger partial charge in [0.2, 0.25) is 5.16 Å². The Balaban J connectivity index is 1.79. The summed E-state index contributed by atoms with van der Waals surface area (Å²) in [7, 11) is 1.64. The van der Waals surface area contributed by atoms with Gasteiger partial charge in [0.15, 0.2) is 5.82 Å². The molecule has 0 aliphatic heterocycles. The molecule has 2 aromatic carbocycles. The van der Waals surface area contributed by atoms with Gasteiger partial charge in [-0.3, -0.25) is 0 Å². The van der Waals surface area contributed by atoms with Crippen LogP contribution in [0.15, 0.2) is 47.6 Å². The standard InChI is InChI=1S/C16H14Cl2N4OS/c1-23-12-4-2-3-10(7-12)9-24-16-21-20-15(22(16)19)13-6-5-11(17)8-14(13)18/h2-8H,9,19H2,1H3. The molecule has 0 saturated carbocycles. The van der Waals surface area contributed by atoms with E-state index in [1.807, 2.05) is 24.3 Å². The molecule has 5 nitrogen and oxygen atoms in total. The second kappa shape index (κ2) is 7.34. The average molecular weight is 381 g/mol. The normalized spacial score (nSPS) is 10.8. The highest BCUT2D eigenvalue weighted by atomic mass is 35.5. The number of methoxy groups -OCH3 is 1. The van der Waals surface area contributed by atoms with E-state index in [2.05, 4.69) is 10.2 Å². The molecule has 0 aliphatic rings. The van der Waals surface area contributed by atoms with Crippen LogP contribution in [-0.2, 0) is 5.75 Å². The maximum absolute atomic E-state index is 6.21. The van der Waals surface area contributed by atoms with Crippen molar-refractivity contribution in [1.82, 2.24) is 14.9 Å². The van der Waals surface area contributed by atoms with Crippen LogP contribution in [0.3, 0.4) is 0 Å². The van der Waals surface area contributed by atoms with E-state index in [1.54, 1.807) is 25.3 Å². The van der Waals surface area contributed by atoms with Crippen LogP contribution in [0.25, 0.3) is 11.4 Å². The molecule has 0 spiro atoms. The Kier molecular flexibility index (Phi) is 5.18. The summed E-state index contributed by atoms with van der Waals surface area (Å²) in [6.45, 7) is 0. The zero-order valence-corrected chi connectivity index (χ0v) is 15.1. The van der Waals surface area contributed by atoms with Gasteiger partial charge in [0.05, 0.1) is 12.1 Å². The molecule has 2 N–H and O–H groups in total. The minimum Gasteiger partial charge on any atom is -0.497 e. The van der Waals surface area contributed by atoms with Crippen molar-refractivity contribution in [2.45, 2.75) is 10.9 Å². The van der Waals surface area contributed by atoms with E-state index in [0.29, 0.717) is 32.3 Å². The third kappa shape index (κ3) is 3.61. The van der Waals surface area contributed by atoms with Crippen molar-refractivity contribution in [3.8, 4) is 17.1 Å². The molecule has 0 fully saturated rings. The topological polar surface area (TPSA) is 66.0 Å². The number of benzene rings is 2. The lowest BCUT2D eigenvalue weighted by atomic mass is 10.2. The van der Waals surface area contributed by atoms with Gasteiger partial charge in [-0.05, 0) is 35.9 Å². The second-order valence-electron chi connectivity index (χ2n) is 4.94. The van der Waals surface area contributed by atoms with Crippen molar-refractivity contribution in [2.75, 3.05) is 13.0 Å². The molecule has 0 unspecified atom stereocenters. The molecule has 1 aromatic heterocycles. The van der Waals surface area contributed by atoms with Gasteiger partial charge in [-0.25, -0.2) is 4.68 Å². The molecule has 0 aliphatic carbocycles. The van der Waals surface area contributed by atoms with E-state index in [1.165, 1.54) is 16.4 Å². The zero-order chi connectivity index (χ0) is 17.1. The first kappa shape index (κ1) is 17.0. The Hall–Kier alpha value is -1.89. The lowest BCUT2D eigenvalue weighted by Crippen LogP contribution is -2.11. The van der Waals surface area contributed by atoms with Gasteiger partial charge in [-0.15, -0.1) is 10.2 Å². The van der Waals surface area contributed by atoms with E-state index in [0.717, 1.165) is 11.3 Å². The van der Waals surface area contributed by atoms with E-state index >= 15 is 0 Å². The first-order valence-corrected chi connectivity index (χ1v) is 8.74. The summed E-state index contributed by atoms with van der Waals surface area (Å²) in [6.07, 6.45) is 0. The molecule has 24 heavy (non-hydrogen) atoms. The van der Waals surface area contributed by atoms with Gasteiger partial charge in [-0.1, -0.05) is 47.1 Å². The van der Waals surface area contributed by atoms with Crippen LogP contribution in [0.4, 0.5) is 0 Å². The molecule has 0 saturated heterocycles. The Morgan fingerprint density at radius 2 is 2.00 bits per heavy atom. The minimum atomic E-state index is 0.478.